The van der Waals surface area contributed by atoms with Gasteiger partial charge in [0.15, 0.2) is 0 Å². The quantitative estimate of drug-likeness (QED) is 0.543. The third kappa shape index (κ3) is 281. The van der Waals surface area contributed by atoms with Crippen molar-refractivity contribution >= 4 is 70.9 Å². The van der Waals surface area contributed by atoms with Crippen molar-refractivity contribution in [2.75, 3.05) is 0 Å². The Hall–Kier alpha value is 2.39. The van der Waals surface area contributed by atoms with E-state index in [0.717, 1.165) is 0 Å². The van der Waals surface area contributed by atoms with E-state index in [-0.39, 0.29) is 0 Å². The Morgan fingerprint density at radius 1 is 0.750 bits per heavy atom. The van der Waals surface area contributed by atoms with E-state index in [1.165, 1.54) is 20.4 Å². The van der Waals surface area contributed by atoms with E-state index in [2.05, 4.69) is 61.4 Å². The fourth-order valence-corrected chi connectivity index (χ4v) is 0. The van der Waals surface area contributed by atoms with Crippen LogP contribution in [0.2, 0.25) is 20.4 Å². The summed E-state index contributed by atoms with van der Waals surface area (Å²) in [4.78, 5) is 2.62. The molecule has 0 saturated heterocycles. The normalized spacial score (nSPS) is 5.83. The molecule has 0 heterocycles. The molecule has 0 fully saturated rings. The van der Waals surface area contributed by atoms with E-state index >= 15 is 0 Å². The second-order valence-corrected chi connectivity index (χ2v) is 7.53. The molecule has 68 valence electrons. The van der Waals surface area contributed by atoms with Gasteiger partial charge in [-0.1, -0.05) is 0 Å². The average molecular weight is 406 g/mol. The molecule has 0 aromatic carbocycles. The Kier molecular flexibility index (Phi) is 100. The number of hydrogen-bond acceptors (Lipinski definition) is 0. The number of hydrogen-bond donors (Lipinski definition) is 0. The van der Waals surface area contributed by atoms with Crippen LogP contribution in [0.25, 0.3) is 0 Å². The summed E-state index contributed by atoms with van der Waals surface area (Å²) in [5.41, 5.74) is 0. The van der Waals surface area contributed by atoms with Gasteiger partial charge in [0, 0.05) is 0 Å². The second kappa shape index (κ2) is 50.3. The molecule has 0 amide bonds. The minimum absolute atomic E-state index is 1.19. The first-order chi connectivity index (χ1) is 5.66. The van der Waals surface area contributed by atoms with Crippen molar-refractivity contribution in [1.82, 2.24) is 0 Å². The molecule has 0 rings (SSSR count). The van der Waals surface area contributed by atoms with E-state index in [4.69, 9.17) is 0 Å². The fourth-order valence-electron chi connectivity index (χ4n) is 0. The zero-order chi connectivity index (χ0) is 10.8. The molecule has 12 heavy (non-hydrogen) atoms. The standard InChI is InChI=1S/2C2H5As.2C2H5.2Ga/c2*1-2-3;2*1-2;;/h2*2H2,1H3;2*1H2,2H3;;. The zero-order valence-corrected chi connectivity index (χ0v) is 17.5. The van der Waals surface area contributed by atoms with Crippen molar-refractivity contribution in [2.45, 2.75) is 48.1 Å². The molecule has 0 atom stereocenters. The van der Waals surface area contributed by atoms with Gasteiger partial charge in [-0.15, -0.1) is 0 Å². The van der Waals surface area contributed by atoms with Crippen LogP contribution in [0.15, 0.2) is 0 Å². The average Bonchev–Trinajstić information content (AvgIpc) is 1.92. The Morgan fingerprint density at radius 2 is 0.750 bits per heavy atom. The van der Waals surface area contributed by atoms with E-state index in [0.29, 0.717) is 0 Å². The Bertz CT molecular complexity index is 23.0. The van der Waals surface area contributed by atoms with Crippen LogP contribution >= 0.6 is 0 Å². The summed E-state index contributed by atoms with van der Waals surface area (Å²) in [7, 11) is 0. The third-order valence-electron chi connectivity index (χ3n) is 0. The zero-order valence-electron chi connectivity index (χ0n) is 8.88. The first-order valence-corrected chi connectivity index (χ1v) is 10.4. The Labute approximate surface area is 118 Å². The van der Waals surface area contributed by atoms with Crippen molar-refractivity contribution in [2.24, 2.45) is 0 Å². The molecule has 0 aliphatic carbocycles. The molecule has 0 N–H and O–H groups in total. The predicted molar refractivity (Wildman–Crippen MR) is 64.9 cm³/mol. The van der Waals surface area contributed by atoms with Crippen LogP contribution in [0.4, 0.5) is 0 Å². The molecule has 0 nitrogen and oxygen atoms in total. The molecule has 8 radical (unpaired) electrons. The first-order valence-electron chi connectivity index (χ1n) is 4.28. The van der Waals surface area contributed by atoms with E-state index in [1.807, 2.05) is 0 Å². The summed E-state index contributed by atoms with van der Waals surface area (Å²) in [6.07, 6.45) is 0. The minimum atomic E-state index is 1.19. The van der Waals surface area contributed by atoms with Gasteiger partial charge < -0.3 is 0 Å². The number of rotatable bonds is 0. The van der Waals surface area contributed by atoms with Crippen molar-refractivity contribution in [1.29, 1.82) is 0 Å². The molecule has 0 saturated carbocycles. The van der Waals surface area contributed by atoms with Crippen LogP contribution in [0, 0.1) is 0 Å². The predicted octanol–water partition coefficient (Wildman–Crippen LogP) is 2.37. The molecule has 0 unspecified atom stereocenters. The van der Waals surface area contributed by atoms with E-state index < -0.39 is 0 Å². The molecular formula is C8H20As2Ga2. The van der Waals surface area contributed by atoms with Crippen LogP contribution in [-0.4, -0.2) is 70.9 Å². The molecule has 0 aliphatic rings. The fraction of sp³-hybridized carbons (Fsp3) is 1.00. The summed E-state index contributed by atoms with van der Waals surface area (Å²) in [6, 6.07) is 0. The monoisotopic (exact) mass is 404 g/mol. The van der Waals surface area contributed by atoms with Crippen LogP contribution in [0.3, 0.4) is 0 Å². The van der Waals surface area contributed by atoms with Gasteiger partial charge >= 0.3 is 119 Å². The summed E-state index contributed by atoms with van der Waals surface area (Å²) < 4.78 is 0. The Balaban J connectivity index is -0.0000000356. The molecule has 0 aromatic heterocycles. The van der Waals surface area contributed by atoms with Gasteiger partial charge in [0.1, 0.15) is 0 Å². The van der Waals surface area contributed by atoms with Gasteiger partial charge in [-0.05, 0) is 0 Å². The van der Waals surface area contributed by atoms with Crippen LogP contribution in [0.1, 0.15) is 27.7 Å². The van der Waals surface area contributed by atoms with Crippen LogP contribution in [-0.2, 0) is 0 Å². The van der Waals surface area contributed by atoms with Crippen molar-refractivity contribution < 1.29 is 0 Å². The summed E-state index contributed by atoms with van der Waals surface area (Å²) in [6.45, 7) is 8.50. The van der Waals surface area contributed by atoms with Gasteiger partial charge in [-0.25, -0.2) is 0 Å². The van der Waals surface area contributed by atoms with Crippen molar-refractivity contribution in [3.63, 3.8) is 0 Å². The SMILES string of the molecule is CC[As].CC[As].C[CH2][Ga].C[CH2][Ga]. The van der Waals surface area contributed by atoms with Crippen molar-refractivity contribution in [3.05, 3.63) is 0 Å². The maximum absolute atomic E-state index is 2.47. The second-order valence-electron chi connectivity index (χ2n) is 1.45. The maximum atomic E-state index is 2.47. The molecule has 0 aromatic rings. The van der Waals surface area contributed by atoms with Gasteiger partial charge in [-0.3, -0.25) is 0 Å². The first kappa shape index (κ1) is 23.9. The Morgan fingerprint density at radius 3 is 0.750 bits per heavy atom. The summed E-state index contributed by atoms with van der Waals surface area (Å²) in [5, 5.41) is 2.38. The van der Waals surface area contributed by atoms with Gasteiger partial charge in [0.2, 0.25) is 0 Å². The van der Waals surface area contributed by atoms with E-state index in [9.17, 15) is 0 Å². The van der Waals surface area contributed by atoms with Crippen molar-refractivity contribution in [3.8, 4) is 0 Å². The molecule has 0 aliphatic heterocycles. The molecule has 0 spiro atoms. The molecule has 4 heteroatoms. The van der Waals surface area contributed by atoms with E-state index in [1.54, 1.807) is 37.2 Å². The molecule has 0 bridgehead atoms. The molecular weight excluding hydrogens is 385 g/mol. The van der Waals surface area contributed by atoms with Gasteiger partial charge in [-0.2, -0.15) is 0 Å². The van der Waals surface area contributed by atoms with Crippen LogP contribution < -0.4 is 0 Å². The van der Waals surface area contributed by atoms with Gasteiger partial charge in [0.25, 0.3) is 0 Å². The topological polar surface area (TPSA) is 0 Å². The summed E-state index contributed by atoms with van der Waals surface area (Å²) >= 11 is 8.50. The summed E-state index contributed by atoms with van der Waals surface area (Å²) in [5.74, 6) is 0. The third-order valence-corrected chi connectivity index (χ3v) is 0. The van der Waals surface area contributed by atoms with Gasteiger partial charge in [0.05, 0.1) is 0 Å². The van der Waals surface area contributed by atoms with Crippen LogP contribution in [0.5, 0.6) is 0 Å².